The van der Waals surface area contributed by atoms with Crippen LogP contribution in [0.4, 0.5) is 13.2 Å². The van der Waals surface area contributed by atoms with Gasteiger partial charge in [0.1, 0.15) is 11.3 Å². The van der Waals surface area contributed by atoms with Gasteiger partial charge in [-0.15, -0.1) is 0 Å². The molecule has 1 aromatic carbocycles. The molecule has 0 unspecified atom stereocenters. The van der Waals surface area contributed by atoms with Gasteiger partial charge in [-0.3, -0.25) is 4.79 Å². The Kier molecular flexibility index (Phi) is 2.28. The third-order valence-electron chi connectivity index (χ3n) is 5.18. The van der Waals surface area contributed by atoms with E-state index < -0.39 is 28.9 Å². The van der Waals surface area contributed by atoms with E-state index in [1.165, 1.54) is 18.2 Å². The Morgan fingerprint density at radius 1 is 1.29 bits per heavy atom. The highest BCUT2D eigenvalue weighted by atomic mass is 19.4. The summed E-state index contributed by atoms with van der Waals surface area (Å²) in [6.07, 6.45) is -2.46. The number of hydrogen-bond donors (Lipinski definition) is 1. The monoisotopic (exact) mass is 294 g/mol. The van der Waals surface area contributed by atoms with Crippen LogP contribution in [0.2, 0.25) is 0 Å². The number of halogens is 3. The summed E-state index contributed by atoms with van der Waals surface area (Å²) in [6.45, 7) is 0. The number of hydrogen-bond acceptors (Lipinski definition) is 2. The normalized spacial score (nSPS) is 30.6. The minimum Gasteiger partial charge on any atom is -0.508 e. The predicted octanol–water partition coefficient (Wildman–Crippen LogP) is 3.63. The molecule has 5 heteroatoms. The van der Waals surface area contributed by atoms with Crippen LogP contribution in [-0.2, 0) is 11.2 Å². The number of phenolic OH excluding ortho intramolecular Hbond substituents is 1. The van der Waals surface area contributed by atoms with E-state index in [4.69, 9.17) is 0 Å². The van der Waals surface area contributed by atoms with E-state index in [0.717, 1.165) is 5.56 Å². The van der Waals surface area contributed by atoms with Gasteiger partial charge in [0, 0.05) is 11.3 Å². The Morgan fingerprint density at radius 2 is 2.05 bits per heavy atom. The molecule has 0 heterocycles. The van der Waals surface area contributed by atoms with E-state index in [1.807, 2.05) is 0 Å². The first-order valence-corrected chi connectivity index (χ1v) is 7.00. The molecule has 1 saturated carbocycles. The number of aromatic hydroxyl groups is 1. The van der Waals surface area contributed by atoms with Crippen molar-refractivity contribution in [1.29, 1.82) is 0 Å². The molecule has 0 amide bonds. The van der Waals surface area contributed by atoms with Crippen LogP contribution in [0.25, 0.3) is 5.57 Å². The molecule has 2 bridgehead atoms. The maximum absolute atomic E-state index is 13.4. The molecule has 4 rings (SSSR count). The quantitative estimate of drug-likeness (QED) is 0.793. The lowest BCUT2D eigenvalue weighted by molar-refractivity contribution is -0.132. The molecule has 0 radical (unpaired) electrons. The second kappa shape index (κ2) is 3.70. The lowest BCUT2D eigenvalue weighted by Gasteiger charge is -2.33. The standard InChI is InChI=1S/C16H13F3O2/c17-16(18,19)13-12-11-2-1-10(20)5-9(11)7-15(12)4-3-8(6-15)14(13)21/h1-2,5,8,20H,3-4,6-7H2/t8-,15+/m1/s1. The van der Waals surface area contributed by atoms with Crippen LogP contribution in [0, 0.1) is 11.3 Å². The van der Waals surface area contributed by atoms with Crippen molar-refractivity contribution in [3.8, 4) is 5.75 Å². The highest BCUT2D eigenvalue weighted by molar-refractivity contribution is 6.09. The van der Waals surface area contributed by atoms with Gasteiger partial charge in [-0.1, -0.05) is 6.07 Å². The van der Waals surface area contributed by atoms with Crippen molar-refractivity contribution in [3.63, 3.8) is 0 Å². The fourth-order valence-electron chi connectivity index (χ4n) is 4.46. The van der Waals surface area contributed by atoms with Crippen molar-refractivity contribution in [2.24, 2.45) is 11.3 Å². The molecule has 0 aromatic heterocycles. The molecular weight excluding hydrogens is 281 g/mol. The molecule has 110 valence electrons. The molecule has 2 nitrogen and oxygen atoms in total. The number of carbonyl (C=O) groups is 1. The number of phenols is 1. The number of Topliss-reactive ketones (excluding diaryl/α,β-unsaturated/α-hetero) is 1. The summed E-state index contributed by atoms with van der Waals surface area (Å²) in [6, 6.07) is 4.44. The van der Waals surface area contributed by atoms with E-state index in [1.54, 1.807) is 0 Å². The second-order valence-electron chi connectivity index (χ2n) is 6.35. The van der Waals surface area contributed by atoms with Crippen LogP contribution in [0.5, 0.6) is 5.75 Å². The van der Waals surface area contributed by atoms with Crippen molar-refractivity contribution in [1.82, 2.24) is 0 Å². The highest BCUT2D eigenvalue weighted by Gasteiger charge is 2.59. The molecular formula is C16H13F3O2. The number of ketones is 1. The summed E-state index contributed by atoms with van der Waals surface area (Å²) in [5, 5.41) is 9.57. The average molecular weight is 294 g/mol. The largest absolute Gasteiger partial charge is 0.508 e. The molecule has 2 atom stereocenters. The molecule has 0 saturated heterocycles. The summed E-state index contributed by atoms with van der Waals surface area (Å²) in [7, 11) is 0. The van der Waals surface area contributed by atoms with Crippen molar-refractivity contribution >= 4 is 11.4 Å². The summed E-state index contributed by atoms with van der Waals surface area (Å²) >= 11 is 0. The molecule has 1 fully saturated rings. The van der Waals surface area contributed by atoms with Gasteiger partial charge in [0.25, 0.3) is 0 Å². The van der Waals surface area contributed by atoms with E-state index in [-0.39, 0.29) is 11.3 Å². The van der Waals surface area contributed by atoms with Gasteiger partial charge in [0.15, 0.2) is 5.78 Å². The average Bonchev–Trinajstić information content (AvgIpc) is 2.89. The Bertz CT molecular complexity index is 702. The van der Waals surface area contributed by atoms with Gasteiger partial charge < -0.3 is 5.11 Å². The maximum atomic E-state index is 13.4. The number of rotatable bonds is 0. The fourth-order valence-corrected chi connectivity index (χ4v) is 4.46. The van der Waals surface area contributed by atoms with E-state index in [0.29, 0.717) is 31.2 Å². The van der Waals surface area contributed by atoms with Crippen LogP contribution in [0.3, 0.4) is 0 Å². The van der Waals surface area contributed by atoms with Gasteiger partial charge in [0.05, 0.1) is 0 Å². The summed E-state index contributed by atoms with van der Waals surface area (Å²) < 4.78 is 40.3. The third-order valence-corrected chi connectivity index (χ3v) is 5.18. The minimum atomic E-state index is -4.61. The van der Waals surface area contributed by atoms with Crippen LogP contribution in [0.15, 0.2) is 23.8 Å². The number of alkyl halides is 3. The maximum Gasteiger partial charge on any atom is 0.420 e. The summed E-state index contributed by atoms with van der Waals surface area (Å²) in [4.78, 5) is 12.2. The van der Waals surface area contributed by atoms with E-state index in [9.17, 15) is 23.1 Å². The first-order chi connectivity index (χ1) is 9.82. The van der Waals surface area contributed by atoms with Crippen molar-refractivity contribution in [2.75, 3.05) is 0 Å². The number of carbonyl (C=O) groups excluding carboxylic acids is 1. The molecule has 1 N–H and O–H groups in total. The van der Waals surface area contributed by atoms with Gasteiger partial charge >= 0.3 is 6.18 Å². The van der Waals surface area contributed by atoms with Gasteiger partial charge in [0.2, 0.25) is 0 Å². The fraction of sp³-hybridized carbons (Fsp3) is 0.438. The zero-order valence-corrected chi connectivity index (χ0v) is 11.1. The molecule has 3 aliphatic rings. The van der Waals surface area contributed by atoms with Crippen molar-refractivity contribution in [3.05, 3.63) is 34.9 Å². The SMILES string of the molecule is O=C1C(C(F)(F)F)=C2c3ccc(O)cc3C[C@@]23CC[C@@H]1C3. The second-order valence-corrected chi connectivity index (χ2v) is 6.35. The van der Waals surface area contributed by atoms with E-state index >= 15 is 0 Å². The van der Waals surface area contributed by atoms with Crippen LogP contribution < -0.4 is 0 Å². The summed E-state index contributed by atoms with van der Waals surface area (Å²) in [5.41, 5.74) is -0.0973. The third kappa shape index (κ3) is 1.57. The number of benzene rings is 1. The number of fused-ring (bicyclic) bond motifs is 3. The van der Waals surface area contributed by atoms with Gasteiger partial charge in [-0.25, -0.2) is 0 Å². The topological polar surface area (TPSA) is 37.3 Å². The number of allylic oxidation sites excluding steroid dienone is 2. The highest BCUT2D eigenvalue weighted by Crippen LogP contribution is 2.64. The van der Waals surface area contributed by atoms with Crippen molar-refractivity contribution in [2.45, 2.75) is 31.9 Å². The van der Waals surface area contributed by atoms with E-state index in [2.05, 4.69) is 0 Å². The smallest absolute Gasteiger partial charge is 0.420 e. The molecule has 3 aliphatic carbocycles. The Morgan fingerprint density at radius 3 is 2.76 bits per heavy atom. The van der Waals surface area contributed by atoms with Gasteiger partial charge in [-0.05, 0) is 54.5 Å². The van der Waals surface area contributed by atoms with Crippen LogP contribution in [-0.4, -0.2) is 17.1 Å². The molecule has 1 spiro atoms. The first kappa shape index (κ1) is 12.9. The molecule has 0 aliphatic heterocycles. The minimum absolute atomic E-state index is 0.0545. The molecule has 21 heavy (non-hydrogen) atoms. The summed E-state index contributed by atoms with van der Waals surface area (Å²) in [5.74, 6) is -1.18. The zero-order valence-electron chi connectivity index (χ0n) is 11.1. The van der Waals surface area contributed by atoms with Gasteiger partial charge in [-0.2, -0.15) is 13.2 Å². The van der Waals surface area contributed by atoms with Crippen LogP contribution >= 0.6 is 0 Å². The first-order valence-electron chi connectivity index (χ1n) is 7.00. The Labute approximate surface area is 119 Å². The Hall–Kier alpha value is -1.78. The van der Waals surface area contributed by atoms with Crippen molar-refractivity contribution < 1.29 is 23.1 Å². The zero-order chi connectivity index (χ0) is 15.0. The predicted molar refractivity (Wildman–Crippen MR) is 69.6 cm³/mol. The lowest BCUT2D eigenvalue weighted by Crippen LogP contribution is -2.34. The molecule has 1 aromatic rings. The lowest BCUT2D eigenvalue weighted by atomic mass is 9.71. The Balaban J connectivity index is 2.05. The van der Waals surface area contributed by atoms with Crippen LogP contribution in [0.1, 0.15) is 30.4 Å².